The van der Waals surface area contributed by atoms with Gasteiger partial charge in [0.15, 0.2) is 0 Å². The minimum Gasteiger partial charge on any atom is -0.492 e. The lowest BCUT2D eigenvalue weighted by Crippen LogP contribution is -2.39. The molecule has 2 aromatic rings. The van der Waals surface area contributed by atoms with Gasteiger partial charge in [-0.15, -0.1) is 0 Å². The molecule has 0 aliphatic heterocycles. The average Bonchev–Trinajstić information content (AvgIpc) is 2.93. The number of aliphatic hydroxyl groups excluding tert-OH is 1. The Morgan fingerprint density at radius 2 is 1.09 bits per heavy atom. The van der Waals surface area contributed by atoms with Crippen molar-refractivity contribution in [3.8, 4) is 11.5 Å². The SMILES string of the molecule is CC(C)(C)OC(=O)N(CCC=O)CCOc1ccc(I)cc1.CC(C)(C)OC(=O)N(CCCO)CCOc1ccc(I)cc1. The second-order valence-corrected chi connectivity index (χ2v) is 14.1. The number of hydrogen-bond donors (Lipinski definition) is 1. The van der Waals surface area contributed by atoms with Gasteiger partial charge in [0.25, 0.3) is 0 Å². The third-order valence-electron chi connectivity index (χ3n) is 5.29. The lowest BCUT2D eigenvalue weighted by Gasteiger charge is -2.27. The molecule has 2 aromatic carbocycles. The van der Waals surface area contributed by atoms with E-state index in [0.717, 1.165) is 24.9 Å². The summed E-state index contributed by atoms with van der Waals surface area (Å²) < 4.78 is 24.2. The smallest absolute Gasteiger partial charge is 0.410 e. The summed E-state index contributed by atoms with van der Waals surface area (Å²) in [7, 11) is 0. The van der Waals surface area contributed by atoms with E-state index in [0.29, 0.717) is 45.8 Å². The maximum Gasteiger partial charge on any atom is 0.410 e. The summed E-state index contributed by atoms with van der Waals surface area (Å²) in [5, 5.41) is 8.95. The maximum absolute atomic E-state index is 12.1. The molecule has 0 fully saturated rings. The summed E-state index contributed by atoms with van der Waals surface area (Å²) in [5.41, 5.74) is -1.10. The van der Waals surface area contributed by atoms with Crippen LogP contribution in [0.15, 0.2) is 48.5 Å². The summed E-state index contributed by atoms with van der Waals surface area (Å²) in [6.45, 7) is 13.2. The predicted molar refractivity (Wildman–Crippen MR) is 187 cm³/mol. The van der Waals surface area contributed by atoms with Gasteiger partial charge in [0, 0.05) is 33.3 Å². The molecule has 2 amide bonds. The summed E-state index contributed by atoms with van der Waals surface area (Å²) in [6, 6.07) is 15.4. The molecule has 0 saturated heterocycles. The van der Waals surface area contributed by atoms with E-state index in [1.54, 1.807) is 4.90 Å². The standard InChI is InChI=1S/C16H24INO4.C16H22INO4/c2*1-16(2,3)22-15(20)18(9-4-11-19)10-12-21-14-7-5-13(17)6-8-14/h5-8,19H,4,9-12H2,1-3H3;5-8,11H,4,9-10,12H2,1-3H3. The second-order valence-electron chi connectivity index (χ2n) is 11.6. The van der Waals surface area contributed by atoms with Gasteiger partial charge < -0.3 is 38.6 Å². The maximum atomic E-state index is 12.1. The van der Waals surface area contributed by atoms with Gasteiger partial charge in [0.05, 0.1) is 13.1 Å². The third-order valence-corrected chi connectivity index (χ3v) is 6.73. The molecule has 0 unspecified atom stereocenters. The van der Waals surface area contributed by atoms with Crippen molar-refractivity contribution in [1.29, 1.82) is 0 Å². The fourth-order valence-corrected chi connectivity index (χ4v) is 4.04. The quantitative estimate of drug-likeness (QED) is 0.164. The number of carbonyl (C=O) groups excluding carboxylic acids is 3. The average molecular weight is 841 g/mol. The molecule has 0 bridgehead atoms. The van der Waals surface area contributed by atoms with Crippen LogP contribution >= 0.6 is 45.2 Å². The summed E-state index contributed by atoms with van der Waals surface area (Å²) >= 11 is 4.46. The Hall–Kier alpha value is -2.33. The van der Waals surface area contributed by atoms with Crippen molar-refractivity contribution in [3.05, 3.63) is 55.7 Å². The van der Waals surface area contributed by atoms with Gasteiger partial charge in [-0.05, 0) is 142 Å². The van der Waals surface area contributed by atoms with E-state index in [9.17, 15) is 14.4 Å². The molecule has 246 valence electrons. The van der Waals surface area contributed by atoms with E-state index in [1.807, 2.05) is 90.1 Å². The van der Waals surface area contributed by atoms with Crippen LogP contribution in [0.3, 0.4) is 0 Å². The number of nitrogens with zero attached hydrogens (tertiary/aromatic N) is 2. The highest BCUT2D eigenvalue weighted by Crippen LogP contribution is 2.16. The van der Waals surface area contributed by atoms with Crippen LogP contribution < -0.4 is 9.47 Å². The Morgan fingerprint density at radius 3 is 1.43 bits per heavy atom. The Kier molecular flexibility index (Phi) is 18.6. The predicted octanol–water partition coefficient (Wildman–Crippen LogP) is 6.79. The number of aldehydes is 1. The molecule has 0 saturated carbocycles. The van der Waals surface area contributed by atoms with E-state index >= 15 is 0 Å². The van der Waals surface area contributed by atoms with E-state index in [4.69, 9.17) is 24.1 Å². The monoisotopic (exact) mass is 840 g/mol. The van der Waals surface area contributed by atoms with Crippen molar-refractivity contribution in [3.63, 3.8) is 0 Å². The molecule has 0 aliphatic rings. The minimum atomic E-state index is -0.562. The number of hydrogen-bond acceptors (Lipinski definition) is 8. The highest BCUT2D eigenvalue weighted by molar-refractivity contribution is 14.1. The zero-order chi connectivity index (χ0) is 33.2. The number of aliphatic hydroxyl groups is 1. The molecule has 44 heavy (non-hydrogen) atoms. The first-order chi connectivity index (χ1) is 20.6. The van der Waals surface area contributed by atoms with Crippen LogP contribution in [0.25, 0.3) is 0 Å². The molecule has 0 atom stereocenters. The summed E-state index contributed by atoms with van der Waals surface area (Å²) in [5.74, 6) is 1.52. The number of ether oxygens (including phenoxy) is 4. The van der Waals surface area contributed by atoms with Gasteiger partial charge in [0.2, 0.25) is 0 Å². The van der Waals surface area contributed by atoms with Crippen LogP contribution in [0.5, 0.6) is 11.5 Å². The van der Waals surface area contributed by atoms with Crippen LogP contribution in [0.2, 0.25) is 0 Å². The lowest BCUT2D eigenvalue weighted by molar-refractivity contribution is -0.108. The lowest BCUT2D eigenvalue weighted by atomic mass is 10.2. The first-order valence-electron chi connectivity index (χ1n) is 14.4. The fourth-order valence-electron chi connectivity index (χ4n) is 3.32. The van der Waals surface area contributed by atoms with Crippen LogP contribution in [0.4, 0.5) is 9.59 Å². The van der Waals surface area contributed by atoms with Gasteiger partial charge >= 0.3 is 12.2 Å². The topological polar surface area (TPSA) is 115 Å². The zero-order valence-electron chi connectivity index (χ0n) is 26.5. The van der Waals surface area contributed by atoms with Crippen LogP contribution in [-0.2, 0) is 14.3 Å². The van der Waals surface area contributed by atoms with Crippen molar-refractivity contribution in [2.75, 3.05) is 46.0 Å². The minimum absolute atomic E-state index is 0.0390. The molecule has 0 spiro atoms. The number of carbonyl (C=O) groups is 3. The molecule has 0 heterocycles. The number of amides is 2. The van der Waals surface area contributed by atoms with Gasteiger partial charge in [-0.2, -0.15) is 0 Å². The fraction of sp³-hybridized carbons (Fsp3) is 0.531. The number of halogens is 2. The van der Waals surface area contributed by atoms with E-state index < -0.39 is 17.3 Å². The molecule has 0 aromatic heterocycles. The molecule has 10 nitrogen and oxygen atoms in total. The highest BCUT2D eigenvalue weighted by atomic mass is 127. The van der Waals surface area contributed by atoms with Crippen molar-refractivity contribution in [2.45, 2.75) is 65.6 Å². The van der Waals surface area contributed by atoms with Crippen LogP contribution in [0.1, 0.15) is 54.4 Å². The Labute approximate surface area is 289 Å². The Morgan fingerprint density at radius 1 is 0.705 bits per heavy atom. The molecular formula is C32H46I2N2O8. The van der Waals surface area contributed by atoms with E-state index in [1.165, 1.54) is 4.90 Å². The summed E-state index contributed by atoms with van der Waals surface area (Å²) in [6.07, 6.45) is 0.774. The van der Waals surface area contributed by atoms with Gasteiger partial charge in [-0.1, -0.05) is 0 Å². The molecule has 12 heteroatoms. The van der Waals surface area contributed by atoms with Crippen molar-refractivity contribution in [2.24, 2.45) is 0 Å². The molecular weight excluding hydrogens is 794 g/mol. The Bertz CT molecular complexity index is 1120. The number of benzene rings is 2. The zero-order valence-corrected chi connectivity index (χ0v) is 30.8. The molecule has 2 rings (SSSR count). The first-order valence-corrected chi connectivity index (χ1v) is 16.6. The molecule has 0 radical (unpaired) electrons. The van der Waals surface area contributed by atoms with Crippen molar-refractivity contribution >= 4 is 63.7 Å². The van der Waals surface area contributed by atoms with Gasteiger partial charge in [0.1, 0.15) is 42.2 Å². The highest BCUT2D eigenvalue weighted by Gasteiger charge is 2.23. The van der Waals surface area contributed by atoms with Crippen LogP contribution in [-0.4, -0.2) is 90.6 Å². The second kappa shape index (κ2) is 20.7. The largest absolute Gasteiger partial charge is 0.492 e. The van der Waals surface area contributed by atoms with Crippen LogP contribution in [0, 0.1) is 7.14 Å². The molecule has 0 aliphatic carbocycles. The molecule has 1 N–H and O–H groups in total. The number of rotatable bonds is 14. The van der Waals surface area contributed by atoms with Crippen molar-refractivity contribution in [1.82, 2.24) is 9.80 Å². The van der Waals surface area contributed by atoms with E-state index in [-0.39, 0.29) is 19.1 Å². The summed E-state index contributed by atoms with van der Waals surface area (Å²) in [4.78, 5) is 37.8. The van der Waals surface area contributed by atoms with Gasteiger partial charge in [-0.3, -0.25) is 0 Å². The van der Waals surface area contributed by atoms with Gasteiger partial charge in [-0.25, -0.2) is 9.59 Å². The first kappa shape index (κ1) is 39.7. The Balaban J connectivity index is 0.000000440. The normalized spacial score (nSPS) is 11.0. The van der Waals surface area contributed by atoms with E-state index in [2.05, 4.69) is 45.2 Å². The third kappa shape index (κ3) is 19.1. The van der Waals surface area contributed by atoms with Crippen molar-refractivity contribution < 1.29 is 38.4 Å².